The highest BCUT2D eigenvalue weighted by Gasteiger charge is 2.06. The number of anilines is 1. The first kappa shape index (κ1) is 13.3. The van der Waals surface area contributed by atoms with Crippen LogP contribution in [0.25, 0.3) is 6.08 Å². The molecular formula is C13H17NO3. The highest BCUT2D eigenvalue weighted by atomic mass is 16.5. The number of rotatable bonds is 5. The Morgan fingerprint density at radius 3 is 2.35 bits per heavy atom. The molecule has 0 bridgehead atoms. The summed E-state index contributed by atoms with van der Waals surface area (Å²) in [5, 5.41) is 8.95. The third-order valence-electron chi connectivity index (χ3n) is 2.32. The van der Waals surface area contributed by atoms with Crippen LogP contribution in [0.1, 0.15) is 5.56 Å². The van der Waals surface area contributed by atoms with Crippen molar-refractivity contribution in [3.05, 3.63) is 35.4 Å². The fourth-order valence-electron chi connectivity index (χ4n) is 1.39. The van der Waals surface area contributed by atoms with Crippen molar-refractivity contribution < 1.29 is 14.6 Å². The van der Waals surface area contributed by atoms with E-state index in [1.165, 1.54) is 7.11 Å². The van der Waals surface area contributed by atoms with Crippen LogP contribution in [0.5, 0.6) is 0 Å². The summed E-state index contributed by atoms with van der Waals surface area (Å²) in [5.41, 5.74) is 2.17. The van der Waals surface area contributed by atoms with E-state index in [1.54, 1.807) is 6.08 Å². The lowest BCUT2D eigenvalue weighted by atomic mass is 10.1. The smallest absolute Gasteiger partial charge is 0.333 e. The molecule has 17 heavy (non-hydrogen) atoms. The van der Waals surface area contributed by atoms with E-state index in [0.717, 1.165) is 11.3 Å². The molecule has 0 aliphatic carbocycles. The van der Waals surface area contributed by atoms with Gasteiger partial charge in [0.25, 0.3) is 0 Å². The summed E-state index contributed by atoms with van der Waals surface area (Å²) in [4.78, 5) is 12.9. The van der Waals surface area contributed by atoms with Crippen molar-refractivity contribution in [3.63, 3.8) is 0 Å². The van der Waals surface area contributed by atoms with Gasteiger partial charge in [0.2, 0.25) is 0 Å². The molecule has 0 fully saturated rings. The Hall–Kier alpha value is -1.81. The summed E-state index contributed by atoms with van der Waals surface area (Å²) in [6.07, 6.45) is 1.62. The molecule has 1 N–H and O–H groups in total. The van der Waals surface area contributed by atoms with Gasteiger partial charge in [0.1, 0.15) is 0 Å². The second kappa shape index (κ2) is 6.06. The monoisotopic (exact) mass is 235 g/mol. The zero-order valence-corrected chi connectivity index (χ0v) is 10.3. The number of ether oxygens (including phenoxy) is 1. The average Bonchev–Trinajstić information content (AvgIpc) is 2.29. The first-order valence-corrected chi connectivity index (χ1v) is 5.24. The van der Waals surface area contributed by atoms with E-state index < -0.39 is 5.97 Å². The molecule has 1 aromatic carbocycles. The van der Waals surface area contributed by atoms with E-state index in [9.17, 15) is 4.79 Å². The molecule has 0 spiro atoms. The SMILES string of the molecule is COC/C(=C\c1ccc(N(C)C)cc1)C(=O)O. The summed E-state index contributed by atoms with van der Waals surface area (Å²) in [5.74, 6) is -0.955. The number of benzene rings is 1. The minimum absolute atomic E-state index is 0.102. The minimum atomic E-state index is -0.955. The highest BCUT2D eigenvalue weighted by molar-refractivity contribution is 5.92. The van der Waals surface area contributed by atoms with Crippen LogP contribution in [-0.4, -0.2) is 38.9 Å². The standard InChI is InChI=1S/C13H17NO3/c1-14(2)12-6-4-10(5-7-12)8-11(9-17-3)13(15)16/h4-8H,9H2,1-3H3,(H,15,16)/b11-8+. The van der Waals surface area contributed by atoms with Crippen molar-refractivity contribution in [1.82, 2.24) is 0 Å². The van der Waals surface area contributed by atoms with Gasteiger partial charge in [0.15, 0.2) is 0 Å². The number of aliphatic carboxylic acids is 1. The molecule has 0 aromatic heterocycles. The molecule has 1 rings (SSSR count). The number of carbonyl (C=O) groups is 1. The van der Waals surface area contributed by atoms with Gasteiger partial charge in [0.05, 0.1) is 12.2 Å². The first-order chi connectivity index (χ1) is 8.04. The maximum absolute atomic E-state index is 10.9. The summed E-state index contributed by atoms with van der Waals surface area (Å²) in [6.45, 7) is 0.102. The number of nitrogens with zero attached hydrogens (tertiary/aromatic N) is 1. The fourth-order valence-corrected chi connectivity index (χ4v) is 1.39. The van der Waals surface area contributed by atoms with Gasteiger partial charge < -0.3 is 14.7 Å². The first-order valence-electron chi connectivity index (χ1n) is 5.24. The van der Waals surface area contributed by atoms with E-state index in [0.29, 0.717) is 0 Å². The van der Waals surface area contributed by atoms with Crippen LogP contribution >= 0.6 is 0 Å². The molecular weight excluding hydrogens is 218 g/mol. The average molecular weight is 235 g/mol. The second-order valence-electron chi connectivity index (χ2n) is 3.89. The molecule has 0 amide bonds. The molecule has 0 heterocycles. The molecule has 4 nitrogen and oxygen atoms in total. The van der Waals surface area contributed by atoms with Gasteiger partial charge in [0, 0.05) is 26.9 Å². The predicted octanol–water partition coefficient (Wildman–Crippen LogP) is 1.87. The Labute approximate surface area is 101 Å². The van der Waals surface area contributed by atoms with Crippen molar-refractivity contribution in [3.8, 4) is 0 Å². The van der Waals surface area contributed by atoms with Gasteiger partial charge in [-0.05, 0) is 23.8 Å². The van der Waals surface area contributed by atoms with Crippen LogP contribution in [0.15, 0.2) is 29.8 Å². The molecule has 0 atom stereocenters. The lowest BCUT2D eigenvalue weighted by Crippen LogP contribution is -2.08. The van der Waals surface area contributed by atoms with Crippen LogP contribution in [-0.2, 0) is 9.53 Å². The van der Waals surface area contributed by atoms with Crippen LogP contribution in [0.2, 0.25) is 0 Å². The van der Waals surface area contributed by atoms with Crippen LogP contribution in [0.4, 0.5) is 5.69 Å². The van der Waals surface area contributed by atoms with Gasteiger partial charge in [-0.2, -0.15) is 0 Å². The van der Waals surface area contributed by atoms with E-state index in [4.69, 9.17) is 9.84 Å². The Balaban J connectivity index is 2.92. The Bertz CT molecular complexity index is 407. The van der Waals surface area contributed by atoms with Crippen molar-refractivity contribution in [2.75, 3.05) is 32.7 Å². The summed E-state index contributed by atoms with van der Waals surface area (Å²) >= 11 is 0. The molecule has 0 saturated heterocycles. The van der Waals surface area contributed by atoms with Crippen molar-refractivity contribution >= 4 is 17.7 Å². The summed E-state index contributed by atoms with van der Waals surface area (Å²) in [6, 6.07) is 7.65. The summed E-state index contributed by atoms with van der Waals surface area (Å²) < 4.78 is 4.84. The molecule has 4 heteroatoms. The fraction of sp³-hybridized carbons (Fsp3) is 0.308. The van der Waals surface area contributed by atoms with Crippen LogP contribution in [0.3, 0.4) is 0 Å². The highest BCUT2D eigenvalue weighted by Crippen LogP contribution is 2.14. The van der Waals surface area contributed by atoms with Gasteiger partial charge in [-0.3, -0.25) is 0 Å². The van der Waals surface area contributed by atoms with Gasteiger partial charge in [-0.1, -0.05) is 12.1 Å². The maximum atomic E-state index is 10.9. The van der Waals surface area contributed by atoms with Gasteiger partial charge in [-0.25, -0.2) is 4.79 Å². The van der Waals surface area contributed by atoms with E-state index in [2.05, 4.69) is 0 Å². The third kappa shape index (κ3) is 3.92. The zero-order valence-electron chi connectivity index (χ0n) is 10.3. The normalized spacial score (nSPS) is 11.4. The zero-order chi connectivity index (χ0) is 12.8. The second-order valence-corrected chi connectivity index (χ2v) is 3.89. The quantitative estimate of drug-likeness (QED) is 0.791. The molecule has 0 aliphatic heterocycles. The number of carboxylic acids is 1. The van der Waals surface area contributed by atoms with Crippen LogP contribution < -0.4 is 4.90 Å². The van der Waals surface area contributed by atoms with E-state index >= 15 is 0 Å². The van der Waals surface area contributed by atoms with E-state index in [-0.39, 0.29) is 12.2 Å². The predicted molar refractivity (Wildman–Crippen MR) is 68.3 cm³/mol. The molecule has 0 radical (unpaired) electrons. The number of hydrogen-bond acceptors (Lipinski definition) is 3. The van der Waals surface area contributed by atoms with E-state index in [1.807, 2.05) is 43.3 Å². The van der Waals surface area contributed by atoms with Gasteiger partial charge >= 0.3 is 5.97 Å². The molecule has 92 valence electrons. The van der Waals surface area contributed by atoms with Crippen molar-refractivity contribution in [1.29, 1.82) is 0 Å². The third-order valence-corrected chi connectivity index (χ3v) is 2.32. The minimum Gasteiger partial charge on any atom is -0.478 e. The lowest BCUT2D eigenvalue weighted by Gasteiger charge is -2.12. The molecule has 0 saturated carbocycles. The lowest BCUT2D eigenvalue weighted by molar-refractivity contribution is -0.133. The number of methoxy groups -OCH3 is 1. The van der Waals surface area contributed by atoms with Crippen molar-refractivity contribution in [2.45, 2.75) is 0 Å². The topological polar surface area (TPSA) is 49.8 Å². The Morgan fingerprint density at radius 2 is 1.94 bits per heavy atom. The maximum Gasteiger partial charge on any atom is 0.333 e. The van der Waals surface area contributed by atoms with Crippen LogP contribution in [0, 0.1) is 0 Å². The summed E-state index contributed by atoms with van der Waals surface area (Å²) in [7, 11) is 5.39. The van der Waals surface area contributed by atoms with Crippen molar-refractivity contribution in [2.24, 2.45) is 0 Å². The largest absolute Gasteiger partial charge is 0.478 e. The Morgan fingerprint density at radius 1 is 1.35 bits per heavy atom. The molecule has 0 aliphatic rings. The molecule has 1 aromatic rings. The van der Waals surface area contributed by atoms with Gasteiger partial charge in [-0.15, -0.1) is 0 Å². The Kier molecular flexibility index (Phi) is 4.72. The number of hydrogen-bond donors (Lipinski definition) is 1. The number of carboxylic acid groups (broad SMARTS) is 1. The molecule has 0 unspecified atom stereocenters.